The number of carbonyl (C=O) groups is 1. The van der Waals surface area contributed by atoms with E-state index in [-0.39, 0.29) is 0 Å². The van der Waals surface area contributed by atoms with E-state index < -0.39 is 5.91 Å². The van der Waals surface area contributed by atoms with Crippen molar-refractivity contribution in [2.24, 2.45) is 11.1 Å². The van der Waals surface area contributed by atoms with Crippen molar-refractivity contribution in [3.05, 3.63) is 23.8 Å². The zero-order chi connectivity index (χ0) is 13.9. The third-order valence-electron chi connectivity index (χ3n) is 4.10. The monoisotopic (exact) mass is 261 g/mol. The van der Waals surface area contributed by atoms with Crippen LogP contribution >= 0.6 is 0 Å². The molecule has 0 saturated heterocycles. The first-order valence-electron chi connectivity index (χ1n) is 6.93. The SMILES string of the molecule is CC1(CNc2ccc(N)c(C(N)=O)c2)CCCCC1. The fourth-order valence-electron chi connectivity index (χ4n) is 2.78. The zero-order valence-corrected chi connectivity index (χ0v) is 11.5. The minimum atomic E-state index is -0.481. The van der Waals surface area contributed by atoms with Crippen molar-refractivity contribution >= 4 is 17.3 Å². The van der Waals surface area contributed by atoms with E-state index in [4.69, 9.17) is 11.5 Å². The lowest BCUT2D eigenvalue weighted by Crippen LogP contribution is -2.29. The topological polar surface area (TPSA) is 81.1 Å². The molecule has 2 rings (SSSR count). The summed E-state index contributed by atoms with van der Waals surface area (Å²) in [4.78, 5) is 11.3. The van der Waals surface area contributed by atoms with Gasteiger partial charge in [0.05, 0.1) is 5.56 Å². The maximum atomic E-state index is 11.3. The number of hydrogen-bond acceptors (Lipinski definition) is 3. The van der Waals surface area contributed by atoms with E-state index in [9.17, 15) is 4.79 Å². The third kappa shape index (κ3) is 3.40. The second-order valence-corrected chi connectivity index (χ2v) is 5.89. The molecule has 4 heteroatoms. The van der Waals surface area contributed by atoms with Crippen LogP contribution in [-0.2, 0) is 0 Å². The van der Waals surface area contributed by atoms with Crippen LogP contribution in [0.25, 0.3) is 0 Å². The van der Waals surface area contributed by atoms with Crippen molar-refractivity contribution in [1.29, 1.82) is 0 Å². The first kappa shape index (κ1) is 13.7. The maximum Gasteiger partial charge on any atom is 0.250 e. The predicted molar refractivity (Wildman–Crippen MR) is 79.1 cm³/mol. The summed E-state index contributed by atoms with van der Waals surface area (Å²) >= 11 is 0. The molecule has 0 atom stereocenters. The molecule has 0 unspecified atom stereocenters. The van der Waals surface area contributed by atoms with E-state index in [1.54, 1.807) is 12.1 Å². The number of nitrogen functional groups attached to an aromatic ring is 1. The van der Waals surface area contributed by atoms with Gasteiger partial charge in [-0.3, -0.25) is 4.79 Å². The normalized spacial score (nSPS) is 17.9. The summed E-state index contributed by atoms with van der Waals surface area (Å²) in [6, 6.07) is 5.36. The number of benzene rings is 1. The van der Waals surface area contributed by atoms with E-state index in [2.05, 4.69) is 12.2 Å². The smallest absolute Gasteiger partial charge is 0.250 e. The lowest BCUT2D eigenvalue weighted by molar-refractivity contribution is 0.100. The van der Waals surface area contributed by atoms with Crippen LogP contribution in [0.15, 0.2) is 18.2 Å². The summed E-state index contributed by atoms with van der Waals surface area (Å²) in [5, 5.41) is 3.41. The molecule has 1 aliphatic rings. The lowest BCUT2D eigenvalue weighted by Gasteiger charge is -2.34. The number of anilines is 2. The minimum absolute atomic E-state index is 0.354. The Hall–Kier alpha value is -1.71. The largest absolute Gasteiger partial charge is 0.398 e. The number of primary amides is 1. The molecule has 19 heavy (non-hydrogen) atoms. The highest BCUT2D eigenvalue weighted by Gasteiger charge is 2.26. The van der Waals surface area contributed by atoms with E-state index in [1.165, 1.54) is 32.1 Å². The van der Waals surface area contributed by atoms with Crippen molar-refractivity contribution in [3.63, 3.8) is 0 Å². The van der Waals surface area contributed by atoms with Crippen LogP contribution in [0.4, 0.5) is 11.4 Å². The first-order chi connectivity index (χ1) is 9.00. The Morgan fingerprint density at radius 1 is 1.32 bits per heavy atom. The molecule has 0 bridgehead atoms. The van der Waals surface area contributed by atoms with Crippen molar-refractivity contribution in [2.45, 2.75) is 39.0 Å². The van der Waals surface area contributed by atoms with E-state index in [0.717, 1.165) is 12.2 Å². The zero-order valence-electron chi connectivity index (χ0n) is 11.5. The van der Waals surface area contributed by atoms with Gasteiger partial charge in [-0.2, -0.15) is 0 Å². The van der Waals surface area contributed by atoms with E-state index >= 15 is 0 Å². The highest BCUT2D eigenvalue weighted by Crippen LogP contribution is 2.35. The number of nitrogens with two attached hydrogens (primary N) is 2. The molecule has 5 N–H and O–H groups in total. The molecule has 0 aliphatic heterocycles. The molecular formula is C15H23N3O. The molecule has 1 amide bonds. The minimum Gasteiger partial charge on any atom is -0.398 e. The van der Waals surface area contributed by atoms with E-state index in [0.29, 0.717) is 16.7 Å². The fourth-order valence-corrected chi connectivity index (χ4v) is 2.78. The maximum absolute atomic E-state index is 11.3. The summed E-state index contributed by atoms with van der Waals surface area (Å²) in [6.07, 6.45) is 6.50. The van der Waals surface area contributed by atoms with Gasteiger partial charge in [-0.1, -0.05) is 26.2 Å². The van der Waals surface area contributed by atoms with Gasteiger partial charge in [-0.25, -0.2) is 0 Å². The lowest BCUT2D eigenvalue weighted by atomic mass is 9.76. The molecule has 0 spiro atoms. The van der Waals surface area contributed by atoms with Gasteiger partial charge >= 0.3 is 0 Å². The quantitative estimate of drug-likeness (QED) is 0.729. The van der Waals surface area contributed by atoms with Gasteiger partial charge in [0.2, 0.25) is 0 Å². The molecule has 0 radical (unpaired) electrons. The number of rotatable bonds is 4. The molecule has 1 aliphatic carbocycles. The second-order valence-electron chi connectivity index (χ2n) is 5.89. The van der Waals surface area contributed by atoms with Gasteiger partial charge in [-0.05, 0) is 36.5 Å². The number of amides is 1. The van der Waals surface area contributed by atoms with Gasteiger partial charge < -0.3 is 16.8 Å². The van der Waals surface area contributed by atoms with Crippen LogP contribution in [0.5, 0.6) is 0 Å². The molecule has 4 nitrogen and oxygen atoms in total. The van der Waals surface area contributed by atoms with Crippen LogP contribution < -0.4 is 16.8 Å². The van der Waals surface area contributed by atoms with Gasteiger partial charge in [0, 0.05) is 17.9 Å². The molecule has 1 fully saturated rings. The highest BCUT2D eigenvalue weighted by atomic mass is 16.1. The second kappa shape index (κ2) is 5.51. The Bertz CT molecular complexity index is 464. The predicted octanol–water partition coefficient (Wildman–Crippen LogP) is 2.75. The molecule has 0 heterocycles. The van der Waals surface area contributed by atoms with Crippen molar-refractivity contribution in [1.82, 2.24) is 0 Å². The van der Waals surface area contributed by atoms with E-state index in [1.807, 2.05) is 6.07 Å². The van der Waals surface area contributed by atoms with Crippen LogP contribution in [0.3, 0.4) is 0 Å². The Morgan fingerprint density at radius 3 is 2.63 bits per heavy atom. The standard InChI is InChI=1S/C15H23N3O/c1-15(7-3-2-4-8-15)10-18-11-5-6-13(16)12(9-11)14(17)19/h5-6,9,18H,2-4,7-8,10,16H2,1H3,(H2,17,19). The summed E-state index contributed by atoms with van der Waals surface area (Å²) in [7, 11) is 0. The number of nitrogens with one attached hydrogen (secondary N) is 1. The number of hydrogen-bond donors (Lipinski definition) is 3. The van der Waals surface area contributed by atoms with Crippen molar-refractivity contribution < 1.29 is 4.79 Å². The van der Waals surface area contributed by atoms with Gasteiger partial charge in [-0.15, -0.1) is 0 Å². The highest BCUT2D eigenvalue weighted by molar-refractivity contribution is 5.98. The van der Waals surface area contributed by atoms with Gasteiger partial charge in [0.1, 0.15) is 0 Å². The molecule has 1 aromatic rings. The Morgan fingerprint density at radius 2 is 2.00 bits per heavy atom. The fraction of sp³-hybridized carbons (Fsp3) is 0.533. The average molecular weight is 261 g/mol. The number of carbonyl (C=O) groups excluding carboxylic acids is 1. The average Bonchev–Trinajstić information content (AvgIpc) is 2.38. The molecule has 1 saturated carbocycles. The van der Waals surface area contributed by atoms with Crippen molar-refractivity contribution in [2.75, 3.05) is 17.6 Å². The summed E-state index contributed by atoms with van der Waals surface area (Å²) in [6.45, 7) is 3.25. The molecule has 1 aromatic carbocycles. The van der Waals surface area contributed by atoms with Gasteiger partial charge in [0.15, 0.2) is 0 Å². The van der Waals surface area contributed by atoms with Crippen molar-refractivity contribution in [3.8, 4) is 0 Å². The Labute approximate surface area is 114 Å². The summed E-state index contributed by atoms with van der Waals surface area (Å²) in [5.74, 6) is -0.481. The molecule has 0 aromatic heterocycles. The van der Waals surface area contributed by atoms with Crippen LogP contribution in [0, 0.1) is 5.41 Å². The van der Waals surface area contributed by atoms with Crippen LogP contribution in [0.2, 0.25) is 0 Å². The van der Waals surface area contributed by atoms with Crippen LogP contribution in [-0.4, -0.2) is 12.5 Å². The van der Waals surface area contributed by atoms with Gasteiger partial charge in [0.25, 0.3) is 5.91 Å². The Kier molecular flexibility index (Phi) is 3.98. The first-order valence-corrected chi connectivity index (χ1v) is 6.93. The Balaban J connectivity index is 2.03. The third-order valence-corrected chi connectivity index (χ3v) is 4.10. The molecule has 104 valence electrons. The summed E-state index contributed by atoms with van der Waals surface area (Å²) < 4.78 is 0. The molecular weight excluding hydrogens is 238 g/mol. The van der Waals surface area contributed by atoms with Crippen LogP contribution in [0.1, 0.15) is 49.4 Å². The summed E-state index contributed by atoms with van der Waals surface area (Å²) in [5.41, 5.74) is 13.1.